The van der Waals surface area contributed by atoms with Crippen molar-refractivity contribution in [1.29, 1.82) is 0 Å². The molecule has 4 nitrogen and oxygen atoms in total. The molecule has 1 saturated heterocycles. The Labute approximate surface area is 91.7 Å². The van der Waals surface area contributed by atoms with Crippen molar-refractivity contribution >= 4 is 0 Å². The monoisotopic (exact) mass is 217 g/mol. The first-order valence-corrected chi connectivity index (χ1v) is 5.69. The number of rotatable bonds is 7. The molecule has 0 amide bonds. The summed E-state index contributed by atoms with van der Waals surface area (Å²) >= 11 is 0. The van der Waals surface area contributed by atoms with Crippen LogP contribution in [0.5, 0.6) is 0 Å². The Hall–Kier alpha value is -0.160. The van der Waals surface area contributed by atoms with Gasteiger partial charge in [-0.05, 0) is 26.2 Å². The molecule has 0 aromatic carbocycles. The Kier molecular flexibility index (Phi) is 5.53. The molecule has 0 aromatic heterocycles. The van der Waals surface area contributed by atoms with Gasteiger partial charge in [-0.15, -0.1) is 0 Å². The zero-order valence-corrected chi connectivity index (χ0v) is 9.58. The van der Waals surface area contributed by atoms with Crippen molar-refractivity contribution in [3.63, 3.8) is 0 Å². The van der Waals surface area contributed by atoms with Crippen molar-refractivity contribution in [1.82, 2.24) is 0 Å². The summed E-state index contributed by atoms with van der Waals surface area (Å²) in [6.07, 6.45) is 2.82. The van der Waals surface area contributed by atoms with Crippen molar-refractivity contribution < 1.29 is 14.6 Å². The molecule has 0 spiro atoms. The Bertz CT molecular complexity index is 167. The molecule has 2 atom stereocenters. The maximum absolute atomic E-state index is 8.94. The fourth-order valence-electron chi connectivity index (χ4n) is 1.62. The second kappa shape index (κ2) is 6.43. The molecule has 1 aliphatic heterocycles. The molecule has 1 fully saturated rings. The van der Waals surface area contributed by atoms with Gasteiger partial charge in [-0.3, -0.25) is 0 Å². The number of hydrogen-bond acceptors (Lipinski definition) is 4. The summed E-state index contributed by atoms with van der Waals surface area (Å²) in [5, 5.41) is 8.94. The highest BCUT2D eigenvalue weighted by Gasteiger charge is 2.17. The maximum Gasteiger partial charge on any atom is 0.0608 e. The molecule has 90 valence electrons. The quantitative estimate of drug-likeness (QED) is 0.611. The largest absolute Gasteiger partial charge is 0.394 e. The maximum atomic E-state index is 8.94. The molecule has 0 saturated carbocycles. The van der Waals surface area contributed by atoms with Crippen molar-refractivity contribution in [3.8, 4) is 0 Å². The predicted molar refractivity (Wildman–Crippen MR) is 58.7 cm³/mol. The lowest BCUT2D eigenvalue weighted by molar-refractivity contribution is 0.0817. The van der Waals surface area contributed by atoms with Gasteiger partial charge >= 0.3 is 0 Å². The zero-order valence-electron chi connectivity index (χ0n) is 9.58. The third-order valence-electron chi connectivity index (χ3n) is 2.78. The van der Waals surface area contributed by atoms with Crippen LogP contribution in [-0.4, -0.2) is 43.7 Å². The van der Waals surface area contributed by atoms with E-state index < -0.39 is 5.54 Å². The highest BCUT2D eigenvalue weighted by Crippen LogP contribution is 2.13. The minimum atomic E-state index is -0.459. The van der Waals surface area contributed by atoms with Gasteiger partial charge in [0.1, 0.15) is 0 Å². The van der Waals surface area contributed by atoms with E-state index in [2.05, 4.69) is 0 Å². The van der Waals surface area contributed by atoms with Crippen LogP contribution in [0.2, 0.25) is 0 Å². The lowest BCUT2D eigenvalue weighted by atomic mass is 9.99. The Morgan fingerprint density at radius 2 is 2.40 bits per heavy atom. The number of aliphatic hydroxyl groups excluding tert-OH is 1. The molecule has 4 heteroatoms. The van der Waals surface area contributed by atoms with Gasteiger partial charge in [0, 0.05) is 24.7 Å². The lowest BCUT2D eigenvalue weighted by Gasteiger charge is -2.21. The molecular formula is C11H23NO3. The van der Waals surface area contributed by atoms with Gasteiger partial charge in [-0.25, -0.2) is 0 Å². The van der Waals surface area contributed by atoms with Gasteiger partial charge in [0.2, 0.25) is 0 Å². The second-order valence-corrected chi connectivity index (χ2v) is 4.72. The molecule has 0 radical (unpaired) electrons. The fourth-order valence-corrected chi connectivity index (χ4v) is 1.62. The van der Waals surface area contributed by atoms with Crippen LogP contribution in [-0.2, 0) is 9.47 Å². The second-order valence-electron chi connectivity index (χ2n) is 4.72. The van der Waals surface area contributed by atoms with Gasteiger partial charge in [-0.1, -0.05) is 0 Å². The summed E-state index contributed by atoms with van der Waals surface area (Å²) in [7, 11) is 0. The average Bonchev–Trinajstić information content (AvgIpc) is 2.70. The standard InChI is InChI=1S/C11H23NO3/c1-11(12,9-13)4-2-5-14-7-10-3-6-15-8-10/h10,13H,2-9,12H2,1H3. The fraction of sp³-hybridized carbons (Fsp3) is 1.00. The van der Waals surface area contributed by atoms with Crippen molar-refractivity contribution in [2.75, 3.05) is 33.0 Å². The first-order valence-electron chi connectivity index (χ1n) is 5.69. The Morgan fingerprint density at radius 3 is 3.00 bits per heavy atom. The van der Waals surface area contributed by atoms with Gasteiger partial charge in [0.05, 0.1) is 19.8 Å². The van der Waals surface area contributed by atoms with Crippen molar-refractivity contribution in [2.24, 2.45) is 11.7 Å². The molecule has 0 bridgehead atoms. The number of hydrogen-bond donors (Lipinski definition) is 2. The van der Waals surface area contributed by atoms with Crippen LogP contribution in [0.4, 0.5) is 0 Å². The van der Waals surface area contributed by atoms with Gasteiger partial charge in [0.15, 0.2) is 0 Å². The highest BCUT2D eigenvalue weighted by molar-refractivity contribution is 4.76. The summed E-state index contributed by atoms with van der Waals surface area (Å²) in [5.74, 6) is 0.576. The topological polar surface area (TPSA) is 64.7 Å². The number of ether oxygens (including phenoxy) is 2. The third-order valence-corrected chi connectivity index (χ3v) is 2.78. The smallest absolute Gasteiger partial charge is 0.0608 e. The van der Waals surface area contributed by atoms with E-state index >= 15 is 0 Å². The summed E-state index contributed by atoms with van der Waals surface area (Å²) in [4.78, 5) is 0. The van der Waals surface area contributed by atoms with Crippen molar-refractivity contribution in [2.45, 2.75) is 31.7 Å². The molecule has 0 aliphatic carbocycles. The minimum Gasteiger partial charge on any atom is -0.394 e. The molecule has 1 rings (SSSR count). The number of aliphatic hydroxyl groups is 1. The highest BCUT2D eigenvalue weighted by atomic mass is 16.5. The first-order chi connectivity index (χ1) is 7.14. The number of nitrogens with two attached hydrogens (primary N) is 1. The van der Waals surface area contributed by atoms with E-state index in [9.17, 15) is 0 Å². The van der Waals surface area contributed by atoms with Crippen LogP contribution in [0.25, 0.3) is 0 Å². The molecule has 1 aliphatic rings. The molecule has 15 heavy (non-hydrogen) atoms. The summed E-state index contributed by atoms with van der Waals surface area (Å²) in [6, 6.07) is 0. The van der Waals surface area contributed by atoms with E-state index in [1.54, 1.807) is 0 Å². The minimum absolute atomic E-state index is 0.0312. The first kappa shape index (κ1) is 12.9. The normalized spacial score (nSPS) is 25.4. The predicted octanol–water partition coefficient (Wildman–Crippen LogP) is 0.529. The van der Waals surface area contributed by atoms with Crippen LogP contribution in [0.1, 0.15) is 26.2 Å². The lowest BCUT2D eigenvalue weighted by Crippen LogP contribution is -2.40. The van der Waals surface area contributed by atoms with E-state index in [1.165, 1.54) is 0 Å². The Balaban J connectivity index is 1.92. The van der Waals surface area contributed by atoms with Gasteiger partial charge in [0.25, 0.3) is 0 Å². The van der Waals surface area contributed by atoms with Gasteiger partial charge < -0.3 is 20.3 Å². The van der Waals surface area contributed by atoms with E-state index in [0.29, 0.717) is 5.92 Å². The molecule has 0 aromatic rings. The SMILES string of the molecule is CC(N)(CO)CCCOCC1CCOC1. The van der Waals surface area contributed by atoms with Crippen LogP contribution >= 0.6 is 0 Å². The van der Waals surface area contributed by atoms with E-state index in [4.69, 9.17) is 20.3 Å². The van der Waals surface area contributed by atoms with Crippen molar-refractivity contribution in [3.05, 3.63) is 0 Å². The van der Waals surface area contributed by atoms with Crippen LogP contribution < -0.4 is 5.73 Å². The van der Waals surface area contributed by atoms with E-state index in [1.807, 2.05) is 6.92 Å². The molecule has 3 N–H and O–H groups in total. The zero-order chi connectivity index (χ0) is 11.1. The summed E-state index contributed by atoms with van der Waals surface area (Å²) in [5.41, 5.74) is 5.34. The summed E-state index contributed by atoms with van der Waals surface area (Å²) in [6.45, 7) is 5.12. The van der Waals surface area contributed by atoms with E-state index in [-0.39, 0.29) is 6.61 Å². The Morgan fingerprint density at radius 1 is 1.60 bits per heavy atom. The van der Waals surface area contributed by atoms with Gasteiger partial charge in [-0.2, -0.15) is 0 Å². The van der Waals surface area contributed by atoms with Crippen LogP contribution in [0.15, 0.2) is 0 Å². The molecule has 2 unspecified atom stereocenters. The van der Waals surface area contributed by atoms with Crippen LogP contribution in [0, 0.1) is 5.92 Å². The molecular weight excluding hydrogens is 194 g/mol. The molecule has 1 heterocycles. The third kappa shape index (κ3) is 5.47. The average molecular weight is 217 g/mol. The van der Waals surface area contributed by atoms with Crippen LogP contribution in [0.3, 0.4) is 0 Å². The van der Waals surface area contributed by atoms with E-state index in [0.717, 1.165) is 45.7 Å². The summed E-state index contributed by atoms with van der Waals surface area (Å²) < 4.78 is 10.8.